The van der Waals surface area contributed by atoms with E-state index in [0.29, 0.717) is 38.0 Å². The minimum Gasteiger partial charge on any atom is -0.353 e. The highest BCUT2D eigenvalue weighted by atomic mass is 35.5. The van der Waals surface area contributed by atoms with Gasteiger partial charge in [-0.25, -0.2) is 4.98 Å². The number of alkyl halides is 3. The van der Waals surface area contributed by atoms with Crippen LogP contribution in [0.15, 0.2) is 12.3 Å². The van der Waals surface area contributed by atoms with Crippen LogP contribution in [-0.4, -0.2) is 61.3 Å². The molecule has 158 valence electrons. The average molecular weight is 441 g/mol. The van der Waals surface area contributed by atoms with E-state index in [4.69, 9.17) is 11.6 Å². The Hall–Kier alpha value is -1.10. The fraction of sp³-hybridized carbons (Fsp3) is 0.706. The first kappa shape index (κ1) is 21.6. The number of piperazine rings is 1. The number of nitrogens with zero attached hydrogens (tertiary/aromatic N) is 4. The predicted octanol–water partition coefficient (Wildman–Crippen LogP) is 3.10. The molecule has 11 heteroatoms. The molecule has 3 heterocycles. The average Bonchev–Trinajstić information content (AvgIpc) is 2.60. The quantitative estimate of drug-likeness (QED) is 0.724. The van der Waals surface area contributed by atoms with Gasteiger partial charge in [0.15, 0.2) is 0 Å². The summed E-state index contributed by atoms with van der Waals surface area (Å²) >= 11 is 6.00. The summed E-state index contributed by atoms with van der Waals surface area (Å²) in [5.41, 5.74) is -0.907. The number of hydrogen-bond acceptors (Lipinski definition) is 4. The van der Waals surface area contributed by atoms with Crippen molar-refractivity contribution >= 4 is 27.6 Å². The Bertz CT molecular complexity index is 803. The Morgan fingerprint density at radius 3 is 2.14 bits per heavy atom. The van der Waals surface area contributed by atoms with Crippen molar-refractivity contribution in [2.24, 2.45) is 11.8 Å². The van der Waals surface area contributed by atoms with E-state index in [1.54, 1.807) is 9.21 Å². The SMILES string of the molecule is C[C@@H]1C[C@@H](C)CN(S(=O)(=O)N2CCN(c3ncc(C(F)(F)F)cc3Cl)CC2)C1. The summed E-state index contributed by atoms with van der Waals surface area (Å²) in [5.74, 6) is 0.872. The summed E-state index contributed by atoms with van der Waals surface area (Å²) in [4.78, 5) is 5.58. The second-order valence-corrected chi connectivity index (χ2v) is 10.0. The van der Waals surface area contributed by atoms with E-state index in [1.165, 1.54) is 4.31 Å². The Morgan fingerprint density at radius 1 is 1.07 bits per heavy atom. The molecule has 0 aliphatic carbocycles. The molecule has 6 nitrogen and oxygen atoms in total. The van der Waals surface area contributed by atoms with Gasteiger partial charge in [-0.05, 0) is 24.3 Å². The van der Waals surface area contributed by atoms with Gasteiger partial charge in [0.2, 0.25) is 0 Å². The Labute approximate surface area is 168 Å². The van der Waals surface area contributed by atoms with Gasteiger partial charge in [0, 0.05) is 45.5 Å². The van der Waals surface area contributed by atoms with Crippen molar-refractivity contribution in [1.29, 1.82) is 0 Å². The van der Waals surface area contributed by atoms with Crippen LogP contribution in [0.3, 0.4) is 0 Å². The standard InChI is InChI=1S/C17H24ClF3N4O2S/c1-12-7-13(2)11-25(10-12)28(26,27)24-5-3-23(4-6-24)16-15(18)8-14(9-22-16)17(19,20)21/h8-9,12-13H,3-7,10-11H2,1-2H3/t12-,13-/m1/s1. The number of pyridine rings is 1. The molecule has 28 heavy (non-hydrogen) atoms. The zero-order valence-electron chi connectivity index (χ0n) is 15.8. The van der Waals surface area contributed by atoms with Crippen LogP contribution in [0.5, 0.6) is 0 Å². The molecule has 2 atom stereocenters. The molecule has 0 amide bonds. The fourth-order valence-electron chi connectivity index (χ4n) is 3.91. The Morgan fingerprint density at radius 2 is 1.64 bits per heavy atom. The lowest BCUT2D eigenvalue weighted by atomic mass is 9.94. The normalized spacial score (nSPS) is 25.9. The van der Waals surface area contributed by atoms with Crippen molar-refractivity contribution in [3.63, 3.8) is 0 Å². The Balaban J connectivity index is 1.67. The monoisotopic (exact) mass is 440 g/mol. The molecule has 1 aromatic rings. The molecule has 0 aromatic carbocycles. The highest BCUT2D eigenvalue weighted by Gasteiger charge is 2.37. The second-order valence-electron chi connectivity index (χ2n) is 7.68. The third kappa shape index (κ3) is 4.55. The molecule has 1 aromatic heterocycles. The molecule has 2 saturated heterocycles. The van der Waals surface area contributed by atoms with Gasteiger partial charge in [-0.1, -0.05) is 25.4 Å². The van der Waals surface area contributed by atoms with Gasteiger partial charge in [0.1, 0.15) is 5.82 Å². The van der Waals surface area contributed by atoms with Crippen molar-refractivity contribution in [2.45, 2.75) is 26.4 Å². The molecule has 0 saturated carbocycles. The van der Waals surface area contributed by atoms with Crippen LogP contribution in [0, 0.1) is 11.8 Å². The van der Waals surface area contributed by atoms with E-state index in [2.05, 4.69) is 4.98 Å². The summed E-state index contributed by atoms with van der Waals surface area (Å²) in [7, 11) is -3.55. The Kier molecular flexibility index (Phi) is 6.15. The third-order valence-electron chi connectivity index (χ3n) is 5.18. The summed E-state index contributed by atoms with van der Waals surface area (Å²) in [6.07, 6.45) is -2.75. The van der Waals surface area contributed by atoms with Crippen molar-refractivity contribution in [3.8, 4) is 0 Å². The number of hydrogen-bond donors (Lipinski definition) is 0. The maximum Gasteiger partial charge on any atom is 0.417 e. The molecule has 2 aliphatic heterocycles. The van der Waals surface area contributed by atoms with Crippen molar-refractivity contribution in [1.82, 2.24) is 13.6 Å². The second kappa shape index (κ2) is 7.97. The van der Waals surface area contributed by atoms with Crippen LogP contribution in [0.1, 0.15) is 25.8 Å². The molecule has 0 unspecified atom stereocenters. The summed E-state index contributed by atoms with van der Waals surface area (Å²) in [6.45, 7) is 6.23. The van der Waals surface area contributed by atoms with Gasteiger partial charge in [-0.3, -0.25) is 0 Å². The molecule has 0 spiro atoms. The zero-order valence-corrected chi connectivity index (χ0v) is 17.4. The molecular formula is C17H24ClF3N4O2S. The van der Waals surface area contributed by atoms with E-state index in [-0.39, 0.29) is 23.9 Å². The van der Waals surface area contributed by atoms with E-state index in [1.807, 2.05) is 13.8 Å². The first-order valence-electron chi connectivity index (χ1n) is 9.21. The maximum absolute atomic E-state index is 13.0. The van der Waals surface area contributed by atoms with Gasteiger partial charge in [-0.15, -0.1) is 0 Å². The number of rotatable bonds is 3. The minimum absolute atomic E-state index is 0.0928. The van der Waals surface area contributed by atoms with E-state index >= 15 is 0 Å². The molecule has 0 bridgehead atoms. The highest BCUT2D eigenvalue weighted by Crippen LogP contribution is 2.34. The lowest BCUT2D eigenvalue weighted by Gasteiger charge is -2.40. The van der Waals surface area contributed by atoms with Gasteiger partial charge >= 0.3 is 6.18 Å². The molecule has 2 fully saturated rings. The summed E-state index contributed by atoms with van der Waals surface area (Å²) in [5, 5.41) is -0.0928. The number of piperidine rings is 1. The lowest BCUT2D eigenvalue weighted by molar-refractivity contribution is -0.137. The number of aromatic nitrogens is 1. The zero-order chi connectivity index (χ0) is 20.7. The summed E-state index contributed by atoms with van der Waals surface area (Å²) in [6, 6.07) is 0.851. The van der Waals surface area contributed by atoms with E-state index in [9.17, 15) is 21.6 Å². The van der Waals surface area contributed by atoms with Crippen LogP contribution < -0.4 is 4.90 Å². The maximum atomic E-state index is 13.0. The predicted molar refractivity (Wildman–Crippen MR) is 101 cm³/mol. The smallest absolute Gasteiger partial charge is 0.353 e. The van der Waals surface area contributed by atoms with Crippen LogP contribution in [0.2, 0.25) is 5.02 Å². The largest absolute Gasteiger partial charge is 0.417 e. The first-order chi connectivity index (χ1) is 13.0. The minimum atomic E-state index is -4.51. The van der Waals surface area contributed by atoms with E-state index < -0.39 is 21.9 Å². The summed E-state index contributed by atoms with van der Waals surface area (Å²) < 4.78 is 67.2. The van der Waals surface area contributed by atoms with Crippen molar-refractivity contribution in [2.75, 3.05) is 44.2 Å². The topological polar surface area (TPSA) is 56.8 Å². The van der Waals surface area contributed by atoms with E-state index in [0.717, 1.165) is 18.7 Å². The number of anilines is 1. The molecule has 2 aliphatic rings. The van der Waals surface area contributed by atoms with Crippen LogP contribution in [-0.2, 0) is 16.4 Å². The molecule has 0 N–H and O–H groups in total. The van der Waals surface area contributed by atoms with Crippen LogP contribution in [0.25, 0.3) is 0 Å². The molecular weight excluding hydrogens is 417 g/mol. The van der Waals surface area contributed by atoms with Crippen molar-refractivity contribution in [3.05, 3.63) is 22.8 Å². The molecule has 3 rings (SSSR count). The first-order valence-corrected chi connectivity index (χ1v) is 11.0. The van der Waals surface area contributed by atoms with Gasteiger partial charge in [0.05, 0.1) is 10.6 Å². The van der Waals surface area contributed by atoms with Gasteiger partial charge in [-0.2, -0.15) is 30.2 Å². The van der Waals surface area contributed by atoms with Crippen LogP contribution in [0.4, 0.5) is 19.0 Å². The van der Waals surface area contributed by atoms with Gasteiger partial charge in [0.25, 0.3) is 10.2 Å². The van der Waals surface area contributed by atoms with Crippen molar-refractivity contribution < 1.29 is 21.6 Å². The fourth-order valence-corrected chi connectivity index (χ4v) is 6.03. The van der Waals surface area contributed by atoms with Crippen LogP contribution >= 0.6 is 11.6 Å². The lowest BCUT2D eigenvalue weighted by Crippen LogP contribution is -2.55. The third-order valence-corrected chi connectivity index (χ3v) is 7.42. The number of halogens is 4. The van der Waals surface area contributed by atoms with Gasteiger partial charge < -0.3 is 4.90 Å². The molecule has 0 radical (unpaired) electrons. The highest BCUT2D eigenvalue weighted by molar-refractivity contribution is 7.86.